The highest BCUT2D eigenvalue weighted by atomic mass is 15.6. The molecule has 0 saturated heterocycles. The maximum absolute atomic E-state index is 1.85. The monoisotopic (exact) mass is 582 g/mol. The summed E-state index contributed by atoms with van der Waals surface area (Å²) in [7, 11) is 0. The molecule has 0 bridgehead atoms. The lowest BCUT2D eigenvalue weighted by atomic mass is 8.46. The van der Waals surface area contributed by atoms with Gasteiger partial charge in [0.05, 0.1) is 0 Å². The first-order chi connectivity index (χ1) is 22.8. The van der Waals surface area contributed by atoms with Gasteiger partial charge in [0.15, 0.2) is 0 Å². The predicted octanol–water partition coefficient (Wildman–Crippen LogP) is 4.27. The van der Waals surface area contributed by atoms with Crippen LogP contribution in [0.4, 0.5) is 0 Å². The molecular weight excluding hydrogens is 553 g/mol. The molecule has 0 aliphatic heterocycles. The fourth-order valence-corrected chi connectivity index (χ4v) is 48.4. The van der Waals surface area contributed by atoms with E-state index in [0.29, 0.717) is 0 Å². The van der Waals surface area contributed by atoms with Crippen molar-refractivity contribution in [1.29, 1.82) is 0 Å². The quantitative estimate of drug-likeness (QED) is 0.401. The lowest BCUT2D eigenvalue weighted by Crippen LogP contribution is -3.55. The molecule has 42 unspecified atom stereocenters. The van der Waals surface area contributed by atoms with Crippen LogP contribution in [0.5, 0.6) is 0 Å². The molecule has 214 valence electrons. The van der Waals surface area contributed by atoms with Gasteiger partial charge in [-0.3, -0.25) is 0 Å². The topological polar surface area (TPSA) is 0 Å². The normalized spacial score (nSPS) is 137. The highest BCUT2D eigenvalue weighted by Crippen LogP contribution is 3.60. The third-order valence-corrected chi connectivity index (χ3v) is 38.9. The van der Waals surface area contributed by atoms with E-state index in [1.54, 1.807) is 0 Å². The molecule has 0 aromatic heterocycles. The summed E-state index contributed by atoms with van der Waals surface area (Å²) in [6, 6.07) is 0. The van der Waals surface area contributed by atoms with Gasteiger partial charge in [-0.1, -0.05) is 0 Å². The molecule has 42 atom stereocenters. The minimum absolute atomic E-state index is 1.08. The second-order valence-electron chi connectivity index (χ2n) is 29.5. The number of hydrogen-bond donors (Lipinski definition) is 0. The van der Waals surface area contributed by atoms with Crippen LogP contribution in [0, 0.1) is 238 Å². The Hall–Kier alpha value is 0. The van der Waals surface area contributed by atoms with E-state index in [-0.39, 0.29) is 0 Å². The van der Waals surface area contributed by atoms with E-state index in [1.807, 2.05) is 25.7 Å². The Morgan fingerprint density at radius 2 is 0.478 bits per heavy atom. The Labute approximate surface area is 263 Å². The molecule has 0 radical (unpaired) electrons. The Kier molecular flexibility index (Phi) is 0.824. The van der Waals surface area contributed by atoms with Gasteiger partial charge < -0.3 is 0 Å². The van der Waals surface area contributed by atoms with Gasteiger partial charge in [-0.15, -0.1) is 0 Å². The van der Waals surface area contributed by atoms with Crippen LogP contribution < -0.4 is 0 Å². The molecule has 46 heavy (non-hydrogen) atoms. The predicted molar refractivity (Wildman–Crippen MR) is 144 cm³/mol. The van der Waals surface area contributed by atoms with Gasteiger partial charge in [-0.05, 0) is 264 Å². The van der Waals surface area contributed by atoms with Gasteiger partial charge in [-0.2, -0.15) is 0 Å². The molecule has 0 heteroatoms. The van der Waals surface area contributed by atoms with Gasteiger partial charge >= 0.3 is 0 Å². The maximum atomic E-state index is 1.85. The van der Waals surface area contributed by atoms with Crippen LogP contribution in [0.15, 0.2) is 0 Å². The van der Waals surface area contributed by atoms with Crippen molar-refractivity contribution in [3.8, 4) is 0 Å². The van der Waals surface area contributed by atoms with Crippen LogP contribution in [0.3, 0.4) is 0 Å². The first kappa shape index (κ1) is 15.7. The lowest BCUT2D eigenvalue weighted by Gasteiger charge is -3.56. The van der Waals surface area contributed by atoms with E-state index < -0.39 is 0 Å². The zero-order chi connectivity index (χ0) is 25.5. The van der Waals surface area contributed by atoms with Crippen molar-refractivity contribution in [1.82, 2.24) is 0 Å². The summed E-state index contributed by atoms with van der Waals surface area (Å²) in [5.41, 5.74) is 22.4. The standard InChI is InChI=1S/C46H30/c1-5-6-2-8-12-16-20-24-26-22-18-14-10-4-28(10)27-3-9(27)13-17-21-25-23-19-15-11-7(1)29(5)30(6,8)34(12)33(11,29)37(15)38(16,34)42(20)41(19,37)45(23)43(25)39(21)35(17)31(13,27)32(14,28)36(18,35)40(22,39)44(26,43)46(24,42)45/h5-26H,1-4H2. The van der Waals surface area contributed by atoms with Gasteiger partial charge in [0.25, 0.3) is 0 Å². The third-order valence-electron chi connectivity index (χ3n) is 38.9. The molecular formula is C46H30. The van der Waals surface area contributed by atoms with Gasteiger partial charge in [-0.25, -0.2) is 0 Å². The Bertz CT molecular complexity index is 2690. The van der Waals surface area contributed by atoms with E-state index in [0.717, 1.165) is 108 Å². The molecule has 0 heterocycles. The summed E-state index contributed by atoms with van der Waals surface area (Å²) >= 11 is 0. The molecule has 20 spiro atoms. The fourth-order valence-electron chi connectivity index (χ4n) is 48.4. The van der Waals surface area contributed by atoms with E-state index in [4.69, 9.17) is 0 Å². The Morgan fingerprint density at radius 3 is 0.826 bits per heavy atom. The van der Waals surface area contributed by atoms with Crippen molar-refractivity contribution in [2.24, 2.45) is 238 Å². The van der Waals surface area contributed by atoms with E-state index in [1.165, 1.54) is 130 Å². The molecule has 0 amide bonds. The minimum atomic E-state index is 1.08. The summed E-state index contributed by atoms with van der Waals surface area (Å²) < 4.78 is 0. The zero-order valence-corrected chi connectivity index (χ0v) is 25.5. The molecule has 32 saturated carbocycles. The fraction of sp³-hybridized carbons (Fsp3) is 1.00. The van der Waals surface area contributed by atoms with Gasteiger partial charge in [0, 0.05) is 0 Å². The minimum Gasteiger partial charge on any atom is -0.0458 e. The lowest BCUT2D eigenvalue weighted by molar-refractivity contribution is -1.11. The molecule has 0 aromatic carbocycles. The van der Waals surface area contributed by atoms with Crippen LogP contribution in [0.25, 0.3) is 0 Å². The van der Waals surface area contributed by atoms with Crippen LogP contribution in [0.1, 0.15) is 25.7 Å². The summed E-state index contributed by atoms with van der Waals surface area (Å²) in [4.78, 5) is 0. The summed E-state index contributed by atoms with van der Waals surface area (Å²) in [5.74, 6) is 30.6. The molecule has 32 fully saturated rings. The van der Waals surface area contributed by atoms with Crippen LogP contribution in [0.2, 0.25) is 0 Å². The van der Waals surface area contributed by atoms with Crippen molar-refractivity contribution >= 4 is 0 Å². The largest absolute Gasteiger partial charge is 0.0458 e. The van der Waals surface area contributed by atoms with E-state index in [9.17, 15) is 0 Å². The highest BCUT2D eigenvalue weighted by Gasteiger charge is 3.58. The average Bonchev–Trinajstić information content (AvgIpc) is 3.82. The van der Waals surface area contributed by atoms with Crippen LogP contribution >= 0.6 is 0 Å². The summed E-state index contributed by atoms with van der Waals surface area (Å²) in [5, 5.41) is 0. The van der Waals surface area contributed by atoms with Crippen LogP contribution in [-0.4, -0.2) is 0 Å². The molecule has 0 N–H and O–H groups in total. The number of rotatable bonds is 0. The second-order valence-corrected chi connectivity index (χ2v) is 29.5. The van der Waals surface area contributed by atoms with Gasteiger partial charge in [0.1, 0.15) is 0 Å². The van der Waals surface area contributed by atoms with Crippen molar-refractivity contribution in [3.63, 3.8) is 0 Å². The second kappa shape index (κ2) is 2.41. The molecule has 32 rings (SSSR count). The van der Waals surface area contributed by atoms with Crippen LogP contribution in [-0.2, 0) is 0 Å². The summed E-state index contributed by atoms with van der Waals surface area (Å²) in [6.07, 6.45) is 7.32. The van der Waals surface area contributed by atoms with Crippen molar-refractivity contribution in [3.05, 3.63) is 0 Å². The molecule has 32 aliphatic rings. The molecule has 0 nitrogen and oxygen atoms in total. The van der Waals surface area contributed by atoms with E-state index in [2.05, 4.69) is 0 Å². The Balaban J connectivity index is 0.812. The highest BCUT2D eigenvalue weighted by molar-refractivity contribution is 6.03. The Morgan fingerprint density at radius 1 is 0.217 bits per heavy atom. The molecule has 0 aromatic rings. The van der Waals surface area contributed by atoms with Crippen molar-refractivity contribution < 1.29 is 0 Å². The van der Waals surface area contributed by atoms with Gasteiger partial charge in [0.2, 0.25) is 0 Å². The van der Waals surface area contributed by atoms with Crippen molar-refractivity contribution in [2.75, 3.05) is 0 Å². The first-order valence-corrected chi connectivity index (χ1v) is 22.8. The average molecular weight is 583 g/mol. The van der Waals surface area contributed by atoms with E-state index >= 15 is 0 Å². The smallest absolute Gasteiger partial charge is 0.00502 e. The van der Waals surface area contributed by atoms with Crippen molar-refractivity contribution in [2.45, 2.75) is 25.7 Å². The number of hydrogen-bond acceptors (Lipinski definition) is 0. The zero-order valence-electron chi connectivity index (χ0n) is 25.5. The SMILES string of the molecule is C1C2C3CC4C5C6C7C8C9C%10C%11C%12C%13CC%13%14C%13%15CC%13C%13C%16C%17C%18C%19C%20C%21C%22C1C21C34C52C%221C%211C62C72C%201C%191C%183C%174C%165C%13%15C%12%14C%115C%104C93C821. The summed E-state index contributed by atoms with van der Waals surface area (Å²) in [6.45, 7) is 0. The first-order valence-electron chi connectivity index (χ1n) is 22.8. The third kappa shape index (κ3) is 0.362. The molecule has 32 aliphatic carbocycles. The number of fused-ring (bicyclic) bond motifs is 19. The maximum Gasteiger partial charge on any atom is -0.00502 e.